The lowest BCUT2D eigenvalue weighted by Gasteiger charge is -2.15. The molecule has 2 rings (SSSR count). The third kappa shape index (κ3) is 2.93. The number of anilines is 1. The first-order valence-corrected chi connectivity index (χ1v) is 6.15. The summed E-state index contributed by atoms with van der Waals surface area (Å²) in [4.78, 5) is 0. The van der Waals surface area contributed by atoms with E-state index < -0.39 is 0 Å². The van der Waals surface area contributed by atoms with Gasteiger partial charge in [0.25, 0.3) is 0 Å². The fourth-order valence-electron chi connectivity index (χ4n) is 1.65. The molecule has 19 heavy (non-hydrogen) atoms. The van der Waals surface area contributed by atoms with Crippen molar-refractivity contribution in [1.82, 2.24) is 5.16 Å². The number of nitrogens with zero attached hydrogens (tertiary/aromatic N) is 1. The zero-order valence-electron chi connectivity index (χ0n) is 10.9. The van der Waals surface area contributed by atoms with E-state index in [1.807, 2.05) is 13.8 Å². The molecule has 0 saturated heterocycles. The summed E-state index contributed by atoms with van der Waals surface area (Å²) in [6, 6.07) is 5.03. The van der Waals surface area contributed by atoms with Crippen LogP contribution in [0.25, 0.3) is 11.3 Å². The van der Waals surface area contributed by atoms with Crippen LogP contribution in [0.5, 0.6) is 11.5 Å². The number of ether oxygens (including phenoxy) is 2. The second-order valence-corrected chi connectivity index (χ2v) is 4.67. The van der Waals surface area contributed by atoms with Gasteiger partial charge in [-0.25, -0.2) is 0 Å². The van der Waals surface area contributed by atoms with Crippen LogP contribution in [-0.2, 0) is 0 Å². The fourth-order valence-corrected chi connectivity index (χ4v) is 1.89. The third-order valence-electron chi connectivity index (χ3n) is 2.41. The Bertz CT molecular complexity index is 581. The first kappa shape index (κ1) is 13.5. The highest BCUT2D eigenvalue weighted by Gasteiger charge is 2.16. The monoisotopic (exact) mass is 282 g/mol. The van der Waals surface area contributed by atoms with E-state index in [1.54, 1.807) is 25.3 Å². The number of benzene rings is 1. The standard InChI is InChI=1S/C13H15ClN2O3/c1-7(2)18-12-4-8(9(14)5-11(12)17-3)10-6-13(15)16-19-10/h4-7H,1-3H3,(H2,15,16). The Hall–Kier alpha value is -1.88. The van der Waals surface area contributed by atoms with Crippen LogP contribution >= 0.6 is 11.6 Å². The Labute approximate surface area is 116 Å². The lowest BCUT2D eigenvalue weighted by molar-refractivity contribution is 0.230. The van der Waals surface area contributed by atoms with Gasteiger partial charge in [-0.1, -0.05) is 16.8 Å². The van der Waals surface area contributed by atoms with Crippen molar-refractivity contribution in [2.45, 2.75) is 20.0 Å². The lowest BCUT2D eigenvalue weighted by atomic mass is 10.1. The molecule has 0 bridgehead atoms. The van der Waals surface area contributed by atoms with Gasteiger partial charge >= 0.3 is 0 Å². The van der Waals surface area contributed by atoms with E-state index in [1.165, 1.54) is 0 Å². The molecular formula is C13H15ClN2O3. The molecule has 0 unspecified atom stereocenters. The molecule has 0 aliphatic carbocycles. The highest BCUT2D eigenvalue weighted by Crippen LogP contribution is 2.39. The largest absolute Gasteiger partial charge is 0.493 e. The van der Waals surface area contributed by atoms with Gasteiger partial charge in [0.05, 0.1) is 18.2 Å². The molecule has 1 aromatic carbocycles. The molecule has 1 heterocycles. The summed E-state index contributed by atoms with van der Waals surface area (Å²) in [5, 5.41) is 4.12. The highest BCUT2D eigenvalue weighted by molar-refractivity contribution is 6.33. The van der Waals surface area contributed by atoms with Crippen molar-refractivity contribution >= 4 is 17.4 Å². The number of hydrogen-bond donors (Lipinski definition) is 1. The van der Waals surface area contributed by atoms with Crippen molar-refractivity contribution in [3.8, 4) is 22.8 Å². The predicted octanol–water partition coefficient (Wildman–Crippen LogP) is 3.37. The van der Waals surface area contributed by atoms with E-state index in [-0.39, 0.29) is 6.10 Å². The smallest absolute Gasteiger partial charge is 0.170 e. The zero-order valence-corrected chi connectivity index (χ0v) is 11.7. The van der Waals surface area contributed by atoms with Crippen LogP contribution < -0.4 is 15.2 Å². The maximum Gasteiger partial charge on any atom is 0.170 e. The molecule has 0 aliphatic heterocycles. The minimum Gasteiger partial charge on any atom is -0.493 e. The van der Waals surface area contributed by atoms with Crippen molar-refractivity contribution in [3.63, 3.8) is 0 Å². The summed E-state index contributed by atoms with van der Waals surface area (Å²) in [5.74, 6) is 1.94. The van der Waals surface area contributed by atoms with E-state index in [9.17, 15) is 0 Å². The molecule has 2 N–H and O–H groups in total. The number of halogens is 1. The second kappa shape index (κ2) is 5.40. The van der Waals surface area contributed by atoms with E-state index in [0.717, 1.165) is 0 Å². The van der Waals surface area contributed by atoms with Crippen molar-refractivity contribution in [2.75, 3.05) is 12.8 Å². The van der Waals surface area contributed by atoms with Gasteiger partial charge in [0.1, 0.15) is 0 Å². The average Bonchev–Trinajstić information content (AvgIpc) is 2.77. The molecule has 0 saturated carbocycles. The zero-order chi connectivity index (χ0) is 14.0. The van der Waals surface area contributed by atoms with Crippen molar-refractivity contribution < 1.29 is 14.0 Å². The fraction of sp³-hybridized carbons (Fsp3) is 0.308. The molecule has 102 valence electrons. The minimum absolute atomic E-state index is 0.0164. The van der Waals surface area contributed by atoms with Crippen molar-refractivity contribution in [1.29, 1.82) is 0 Å². The average molecular weight is 283 g/mol. The summed E-state index contributed by atoms with van der Waals surface area (Å²) >= 11 is 6.20. The van der Waals surface area contributed by atoms with Crippen LogP contribution in [0.3, 0.4) is 0 Å². The number of rotatable bonds is 4. The SMILES string of the molecule is COc1cc(Cl)c(-c2cc(N)no2)cc1OC(C)C. The molecule has 0 fully saturated rings. The molecular weight excluding hydrogens is 268 g/mol. The van der Waals surface area contributed by atoms with E-state index >= 15 is 0 Å². The molecule has 0 amide bonds. The van der Waals surface area contributed by atoms with Gasteiger partial charge in [0.2, 0.25) is 0 Å². The van der Waals surface area contributed by atoms with Gasteiger partial charge in [-0.15, -0.1) is 0 Å². The predicted molar refractivity (Wildman–Crippen MR) is 73.7 cm³/mol. The van der Waals surface area contributed by atoms with E-state index in [4.69, 9.17) is 31.3 Å². The van der Waals surface area contributed by atoms with Crippen LogP contribution in [0.2, 0.25) is 5.02 Å². The van der Waals surface area contributed by atoms with Gasteiger partial charge in [0, 0.05) is 17.7 Å². The normalized spacial score (nSPS) is 10.8. The Morgan fingerprint density at radius 3 is 2.53 bits per heavy atom. The summed E-state index contributed by atoms with van der Waals surface area (Å²) in [7, 11) is 1.56. The van der Waals surface area contributed by atoms with Crippen LogP contribution in [0.4, 0.5) is 5.82 Å². The van der Waals surface area contributed by atoms with Crippen LogP contribution in [-0.4, -0.2) is 18.4 Å². The quantitative estimate of drug-likeness (QED) is 0.931. The van der Waals surface area contributed by atoms with E-state index in [2.05, 4.69) is 5.16 Å². The third-order valence-corrected chi connectivity index (χ3v) is 2.72. The number of aromatic nitrogens is 1. The summed E-state index contributed by atoms with van der Waals surface area (Å²) < 4.78 is 16.0. The first-order valence-electron chi connectivity index (χ1n) is 5.78. The van der Waals surface area contributed by atoms with Crippen LogP contribution in [0.15, 0.2) is 22.7 Å². The molecule has 0 aliphatic rings. The maximum absolute atomic E-state index is 6.20. The molecule has 6 heteroatoms. The van der Waals surface area contributed by atoms with Gasteiger partial charge in [-0.2, -0.15) is 0 Å². The Morgan fingerprint density at radius 2 is 2.00 bits per heavy atom. The number of nitrogen functional groups attached to an aromatic ring is 1. The van der Waals surface area contributed by atoms with Crippen LogP contribution in [0, 0.1) is 0 Å². The number of nitrogens with two attached hydrogens (primary N) is 1. The molecule has 0 atom stereocenters. The number of hydrogen-bond acceptors (Lipinski definition) is 5. The van der Waals surface area contributed by atoms with Gasteiger partial charge in [-0.3, -0.25) is 0 Å². The van der Waals surface area contributed by atoms with Gasteiger partial charge in [-0.05, 0) is 19.9 Å². The number of methoxy groups -OCH3 is 1. The molecule has 5 nitrogen and oxygen atoms in total. The van der Waals surface area contributed by atoms with E-state index in [0.29, 0.717) is 33.7 Å². The molecule has 2 aromatic rings. The summed E-state index contributed by atoms with van der Waals surface area (Å²) in [6.45, 7) is 3.86. The van der Waals surface area contributed by atoms with Crippen LogP contribution in [0.1, 0.15) is 13.8 Å². The second-order valence-electron chi connectivity index (χ2n) is 4.27. The molecule has 0 radical (unpaired) electrons. The summed E-state index contributed by atoms with van der Waals surface area (Å²) in [5.41, 5.74) is 6.19. The maximum atomic E-state index is 6.20. The Kier molecular flexibility index (Phi) is 3.85. The highest BCUT2D eigenvalue weighted by atomic mass is 35.5. The van der Waals surface area contributed by atoms with Crippen molar-refractivity contribution in [3.05, 3.63) is 23.2 Å². The first-order chi connectivity index (χ1) is 9.01. The summed E-state index contributed by atoms with van der Waals surface area (Å²) in [6.07, 6.45) is 0.0164. The minimum atomic E-state index is 0.0164. The Balaban J connectivity index is 2.49. The Morgan fingerprint density at radius 1 is 1.26 bits per heavy atom. The van der Waals surface area contributed by atoms with Gasteiger partial charge in [0.15, 0.2) is 23.1 Å². The topological polar surface area (TPSA) is 70.5 Å². The molecule has 0 spiro atoms. The van der Waals surface area contributed by atoms with Crippen molar-refractivity contribution in [2.24, 2.45) is 0 Å². The lowest BCUT2D eigenvalue weighted by Crippen LogP contribution is -2.06. The molecule has 1 aromatic heterocycles. The van der Waals surface area contributed by atoms with Gasteiger partial charge < -0.3 is 19.7 Å².